The lowest BCUT2D eigenvalue weighted by molar-refractivity contribution is -0.133. The van der Waals surface area contributed by atoms with Crippen LogP contribution in [0.1, 0.15) is 27.7 Å². The van der Waals surface area contributed by atoms with Crippen molar-refractivity contribution in [2.45, 2.75) is 51.1 Å². The van der Waals surface area contributed by atoms with Crippen molar-refractivity contribution in [2.24, 2.45) is 0 Å². The maximum absolute atomic E-state index is 10.7. The minimum Gasteiger partial charge on any atom is -0.481 e. The molecule has 8 heteroatoms. The molecule has 0 aliphatic carbocycles. The minimum absolute atomic E-state index is 0.0108. The molecule has 1 saturated heterocycles. The summed E-state index contributed by atoms with van der Waals surface area (Å²) in [5.41, 5.74) is -0.240. The first-order valence-corrected chi connectivity index (χ1v) is 8.01. The zero-order valence-electron chi connectivity index (χ0n) is 12.9. The molecule has 1 aromatic heterocycles. The summed E-state index contributed by atoms with van der Waals surface area (Å²) < 4.78 is 7.86. The number of carboxylic acid groups (broad SMARTS) is 1. The molecule has 2 rings (SSSR count). The average molecular weight is 314 g/mol. The van der Waals surface area contributed by atoms with Gasteiger partial charge in [0, 0.05) is 19.6 Å². The van der Waals surface area contributed by atoms with E-state index in [0.717, 1.165) is 19.0 Å². The lowest BCUT2D eigenvalue weighted by atomic mass is 10.1. The highest BCUT2D eigenvalue weighted by Gasteiger charge is 2.33. The van der Waals surface area contributed by atoms with E-state index in [2.05, 4.69) is 28.9 Å². The second-order valence-corrected chi connectivity index (χ2v) is 6.72. The zero-order valence-corrected chi connectivity index (χ0v) is 13.7. The van der Waals surface area contributed by atoms with Crippen molar-refractivity contribution in [3.05, 3.63) is 0 Å². The number of hydrogen-bond donors (Lipinski definition) is 1. The number of rotatable bonds is 5. The molecule has 118 valence electrons. The van der Waals surface area contributed by atoms with E-state index in [9.17, 15) is 4.79 Å². The van der Waals surface area contributed by atoms with Crippen LogP contribution in [0.3, 0.4) is 0 Å². The van der Waals surface area contributed by atoms with E-state index in [1.54, 1.807) is 0 Å². The van der Waals surface area contributed by atoms with Crippen LogP contribution in [0.25, 0.3) is 0 Å². The van der Waals surface area contributed by atoms with Crippen LogP contribution in [0.4, 0.5) is 5.95 Å². The highest BCUT2D eigenvalue weighted by atomic mass is 32.2. The summed E-state index contributed by atoms with van der Waals surface area (Å²) in [6.07, 6.45) is 0.117. The van der Waals surface area contributed by atoms with Crippen LogP contribution in [-0.4, -0.2) is 56.4 Å². The van der Waals surface area contributed by atoms with Crippen molar-refractivity contribution in [1.29, 1.82) is 0 Å². The monoisotopic (exact) mass is 314 g/mol. The van der Waals surface area contributed by atoms with Crippen molar-refractivity contribution in [2.75, 3.05) is 23.7 Å². The van der Waals surface area contributed by atoms with Gasteiger partial charge in [0.1, 0.15) is 0 Å². The van der Waals surface area contributed by atoms with E-state index in [1.807, 2.05) is 18.4 Å². The number of nitrogens with zero attached hydrogens (tertiary/aromatic N) is 4. The predicted molar refractivity (Wildman–Crippen MR) is 80.9 cm³/mol. The molecule has 0 bridgehead atoms. The third kappa shape index (κ3) is 3.88. The van der Waals surface area contributed by atoms with Gasteiger partial charge in [0.15, 0.2) is 5.16 Å². The Morgan fingerprint density at radius 1 is 1.52 bits per heavy atom. The molecular weight excluding hydrogens is 292 g/mol. The quantitative estimate of drug-likeness (QED) is 0.824. The Morgan fingerprint density at radius 2 is 2.24 bits per heavy atom. The van der Waals surface area contributed by atoms with Gasteiger partial charge in [-0.25, -0.2) is 0 Å². The fourth-order valence-corrected chi connectivity index (χ4v) is 3.35. The lowest BCUT2D eigenvalue weighted by Crippen LogP contribution is -2.52. The van der Waals surface area contributed by atoms with Gasteiger partial charge in [-0.05, 0) is 27.7 Å². The van der Waals surface area contributed by atoms with E-state index < -0.39 is 5.97 Å². The lowest BCUT2D eigenvalue weighted by Gasteiger charge is -2.42. The van der Waals surface area contributed by atoms with Gasteiger partial charge < -0.3 is 14.7 Å². The Morgan fingerprint density at radius 3 is 2.81 bits per heavy atom. The molecule has 21 heavy (non-hydrogen) atoms. The SMILES string of the molecule is CCn1c(SCC(=O)O)nnc1N1CC(C)OC(C)(C)C1. The number of anilines is 1. The van der Waals surface area contributed by atoms with E-state index in [0.29, 0.717) is 11.7 Å². The Balaban J connectivity index is 2.21. The number of aromatic nitrogens is 3. The molecule has 0 aromatic carbocycles. The van der Waals surface area contributed by atoms with Crippen molar-refractivity contribution in [3.63, 3.8) is 0 Å². The maximum Gasteiger partial charge on any atom is 0.313 e. The second-order valence-electron chi connectivity index (χ2n) is 5.78. The molecular formula is C13H22N4O3S. The van der Waals surface area contributed by atoms with Gasteiger partial charge in [-0.15, -0.1) is 10.2 Å². The summed E-state index contributed by atoms with van der Waals surface area (Å²) in [5, 5.41) is 17.8. The molecule has 1 unspecified atom stereocenters. The average Bonchev–Trinajstić information content (AvgIpc) is 2.76. The summed E-state index contributed by atoms with van der Waals surface area (Å²) in [4.78, 5) is 12.9. The topological polar surface area (TPSA) is 80.5 Å². The summed E-state index contributed by atoms with van der Waals surface area (Å²) in [6.45, 7) is 10.4. The van der Waals surface area contributed by atoms with Gasteiger partial charge in [-0.3, -0.25) is 9.36 Å². The third-order valence-corrected chi connectivity index (χ3v) is 4.14. The molecule has 1 atom stereocenters. The van der Waals surface area contributed by atoms with Gasteiger partial charge in [0.05, 0.1) is 17.5 Å². The normalized spacial score (nSPS) is 21.5. The number of thioether (sulfide) groups is 1. The molecule has 1 fully saturated rings. The van der Waals surface area contributed by atoms with Crippen LogP contribution in [0.15, 0.2) is 5.16 Å². The first-order valence-electron chi connectivity index (χ1n) is 7.03. The van der Waals surface area contributed by atoms with Crippen molar-refractivity contribution in [1.82, 2.24) is 14.8 Å². The Labute approximate surface area is 128 Å². The van der Waals surface area contributed by atoms with Gasteiger partial charge in [-0.1, -0.05) is 11.8 Å². The molecule has 1 aliphatic rings. The maximum atomic E-state index is 10.7. The summed E-state index contributed by atoms with van der Waals surface area (Å²) in [7, 11) is 0. The molecule has 1 N–H and O–H groups in total. The van der Waals surface area contributed by atoms with Gasteiger partial charge in [-0.2, -0.15) is 0 Å². The smallest absolute Gasteiger partial charge is 0.313 e. The fourth-order valence-electron chi connectivity index (χ4n) is 2.63. The minimum atomic E-state index is -0.853. The number of ether oxygens (including phenoxy) is 1. The molecule has 0 radical (unpaired) electrons. The van der Waals surface area contributed by atoms with E-state index in [4.69, 9.17) is 9.84 Å². The Hall–Kier alpha value is -1.28. The second kappa shape index (κ2) is 6.23. The number of morpholine rings is 1. The van der Waals surface area contributed by atoms with E-state index >= 15 is 0 Å². The van der Waals surface area contributed by atoms with Crippen molar-refractivity contribution >= 4 is 23.7 Å². The number of hydrogen-bond acceptors (Lipinski definition) is 6. The van der Waals surface area contributed by atoms with Gasteiger partial charge in [0.25, 0.3) is 0 Å². The third-order valence-electron chi connectivity index (χ3n) is 3.19. The van der Waals surface area contributed by atoms with Crippen LogP contribution in [0.2, 0.25) is 0 Å². The summed E-state index contributed by atoms with van der Waals surface area (Å²) >= 11 is 1.20. The number of aliphatic carboxylic acids is 1. The predicted octanol–water partition coefficient (Wildman–Crippen LogP) is 1.48. The Kier molecular flexibility index (Phi) is 4.77. The molecule has 1 aliphatic heterocycles. The number of carboxylic acids is 1. The van der Waals surface area contributed by atoms with Crippen LogP contribution in [0.5, 0.6) is 0 Å². The van der Waals surface area contributed by atoms with Crippen molar-refractivity contribution < 1.29 is 14.6 Å². The van der Waals surface area contributed by atoms with Gasteiger partial charge >= 0.3 is 5.97 Å². The van der Waals surface area contributed by atoms with Gasteiger partial charge in [0.2, 0.25) is 5.95 Å². The van der Waals surface area contributed by atoms with Crippen LogP contribution >= 0.6 is 11.8 Å². The first kappa shape index (κ1) is 16.1. The highest BCUT2D eigenvalue weighted by molar-refractivity contribution is 7.99. The Bertz CT molecular complexity index is 518. The molecule has 0 amide bonds. The molecule has 1 aromatic rings. The van der Waals surface area contributed by atoms with Crippen molar-refractivity contribution in [3.8, 4) is 0 Å². The molecule has 0 saturated carbocycles. The standard InChI is InChI=1S/C13H22N4O3S/c1-5-17-11(14-15-12(17)21-7-10(18)19)16-6-9(2)20-13(3,4)8-16/h9H,5-8H2,1-4H3,(H,18,19). The molecule has 0 spiro atoms. The van der Waals surface area contributed by atoms with E-state index in [-0.39, 0.29) is 17.5 Å². The highest BCUT2D eigenvalue weighted by Crippen LogP contribution is 2.27. The fraction of sp³-hybridized carbons (Fsp3) is 0.769. The zero-order chi connectivity index (χ0) is 15.6. The summed E-state index contributed by atoms with van der Waals surface area (Å²) in [5.74, 6) is -0.0784. The number of carbonyl (C=O) groups is 1. The van der Waals surface area contributed by atoms with E-state index in [1.165, 1.54) is 11.8 Å². The largest absolute Gasteiger partial charge is 0.481 e. The van der Waals surface area contributed by atoms with Crippen LogP contribution < -0.4 is 4.90 Å². The first-order chi connectivity index (χ1) is 9.82. The van der Waals surface area contributed by atoms with Crippen LogP contribution in [0, 0.1) is 0 Å². The molecule has 7 nitrogen and oxygen atoms in total. The van der Waals surface area contributed by atoms with Crippen LogP contribution in [-0.2, 0) is 16.1 Å². The molecule has 2 heterocycles. The summed E-state index contributed by atoms with van der Waals surface area (Å²) in [6, 6.07) is 0.